The number of benzene rings is 1. The van der Waals surface area contributed by atoms with E-state index >= 15 is 0 Å². The fourth-order valence-corrected chi connectivity index (χ4v) is 1.57. The van der Waals surface area contributed by atoms with Gasteiger partial charge in [-0.3, -0.25) is 4.79 Å². The van der Waals surface area contributed by atoms with E-state index < -0.39 is 0 Å². The van der Waals surface area contributed by atoms with Gasteiger partial charge in [0, 0.05) is 18.3 Å². The number of aryl methyl sites for hydroxylation is 1. The molecule has 1 aromatic heterocycles. The Kier molecular flexibility index (Phi) is 3.57. The number of rotatable bonds is 3. The second-order valence-corrected chi connectivity index (χ2v) is 4.02. The monoisotopic (exact) mass is 241 g/mol. The zero-order valence-corrected chi connectivity index (χ0v) is 10.4. The molecule has 0 saturated heterocycles. The normalized spacial score (nSPS) is 10.8. The van der Waals surface area contributed by atoms with Gasteiger partial charge in [0.25, 0.3) is 5.91 Å². The van der Waals surface area contributed by atoms with Crippen molar-refractivity contribution < 1.29 is 4.79 Å². The van der Waals surface area contributed by atoms with Crippen LogP contribution in [0.15, 0.2) is 47.6 Å². The van der Waals surface area contributed by atoms with Gasteiger partial charge in [-0.05, 0) is 31.2 Å². The molecule has 1 amide bonds. The van der Waals surface area contributed by atoms with Crippen molar-refractivity contribution in [2.45, 2.75) is 6.92 Å². The Bertz CT molecular complexity index is 570. The topological polar surface area (TPSA) is 46.4 Å². The number of nitrogens with zero attached hydrogens (tertiary/aromatic N) is 2. The third kappa shape index (κ3) is 2.66. The molecule has 92 valence electrons. The van der Waals surface area contributed by atoms with Gasteiger partial charge in [-0.15, -0.1) is 0 Å². The molecule has 0 aliphatic rings. The van der Waals surface area contributed by atoms with Gasteiger partial charge in [-0.1, -0.05) is 18.2 Å². The van der Waals surface area contributed by atoms with E-state index in [0.29, 0.717) is 5.56 Å². The second kappa shape index (κ2) is 5.31. The third-order valence-electron chi connectivity index (χ3n) is 2.81. The van der Waals surface area contributed by atoms with Crippen molar-refractivity contribution in [3.63, 3.8) is 0 Å². The first-order valence-electron chi connectivity index (χ1n) is 5.69. The van der Waals surface area contributed by atoms with Gasteiger partial charge >= 0.3 is 0 Å². The van der Waals surface area contributed by atoms with Crippen LogP contribution >= 0.6 is 0 Å². The van der Waals surface area contributed by atoms with Crippen LogP contribution in [-0.2, 0) is 7.05 Å². The summed E-state index contributed by atoms with van der Waals surface area (Å²) in [6.07, 6.45) is 1.63. The molecule has 1 aromatic carbocycles. The minimum atomic E-state index is -0.210. The molecule has 0 bridgehead atoms. The Hall–Kier alpha value is -2.36. The van der Waals surface area contributed by atoms with Crippen molar-refractivity contribution in [1.82, 2.24) is 9.99 Å². The molecule has 0 unspecified atom stereocenters. The fraction of sp³-hybridized carbons (Fsp3) is 0.143. The van der Waals surface area contributed by atoms with Crippen LogP contribution in [0, 0.1) is 6.92 Å². The van der Waals surface area contributed by atoms with Crippen LogP contribution in [0.1, 0.15) is 21.7 Å². The number of hydrazone groups is 1. The summed E-state index contributed by atoms with van der Waals surface area (Å²) < 4.78 is 2.00. The van der Waals surface area contributed by atoms with Crippen LogP contribution < -0.4 is 5.43 Å². The molecule has 0 spiro atoms. The lowest BCUT2D eigenvalue weighted by atomic mass is 10.2. The van der Waals surface area contributed by atoms with Crippen LogP contribution in [0.25, 0.3) is 0 Å². The molecule has 2 rings (SSSR count). The Morgan fingerprint density at radius 2 is 1.94 bits per heavy atom. The molecule has 0 atom stereocenters. The van der Waals surface area contributed by atoms with Gasteiger partial charge < -0.3 is 4.57 Å². The van der Waals surface area contributed by atoms with Crippen molar-refractivity contribution >= 4 is 12.1 Å². The summed E-state index contributed by atoms with van der Waals surface area (Å²) in [6, 6.07) is 13.0. The number of aromatic nitrogens is 1. The van der Waals surface area contributed by atoms with Gasteiger partial charge in [0.15, 0.2) is 0 Å². The molecule has 0 saturated carbocycles. The minimum absolute atomic E-state index is 0.210. The highest BCUT2D eigenvalue weighted by molar-refractivity contribution is 5.94. The van der Waals surface area contributed by atoms with E-state index in [-0.39, 0.29) is 5.91 Å². The van der Waals surface area contributed by atoms with E-state index in [9.17, 15) is 4.79 Å². The largest absolute Gasteiger partial charge is 0.347 e. The van der Waals surface area contributed by atoms with Crippen LogP contribution in [0.5, 0.6) is 0 Å². The van der Waals surface area contributed by atoms with Crippen LogP contribution in [0.2, 0.25) is 0 Å². The van der Waals surface area contributed by atoms with E-state index in [4.69, 9.17) is 0 Å². The van der Waals surface area contributed by atoms with Gasteiger partial charge in [0.2, 0.25) is 0 Å². The summed E-state index contributed by atoms with van der Waals surface area (Å²) in [5.41, 5.74) is 5.19. The molecule has 0 aliphatic heterocycles. The lowest BCUT2D eigenvalue weighted by molar-refractivity contribution is 0.0955. The van der Waals surface area contributed by atoms with Gasteiger partial charge in [-0.25, -0.2) is 5.43 Å². The van der Waals surface area contributed by atoms with Crippen molar-refractivity contribution in [3.05, 3.63) is 59.4 Å². The SMILES string of the molecule is Cc1ccc(/C=N/NC(=O)c2ccccc2)n1C. The Morgan fingerprint density at radius 3 is 2.56 bits per heavy atom. The second-order valence-electron chi connectivity index (χ2n) is 4.02. The van der Waals surface area contributed by atoms with E-state index in [1.165, 1.54) is 0 Å². The maximum Gasteiger partial charge on any atom is 0.271 e. The van der Waals surface area contributed by atoms with Crippen LogP contribution in [0.4, 0.5) is 0 Å². The number of hydrogen-bond acceptors (Lipinski definition) is 2. The molecule has 2 aromatic rings. The number of carbonyl (C=O) groups excluding carboxylic acids is 1. The molecule has 0 fully saturated rings. The Morgan fingerprint density at radius 1 is 1.22 bits per heavy atom. The van der Waals surface area contributed by atoms with E-state index in [2.05, 4.69) is 10.5 Å². The number of amides is 1. The maximum absolute atomic E-state index is 11.7. The Labute approximate surface area is 106 Å². The van der Waals surface area contributed by atoms with Crippen molar-refractivity contribution in [2.75, 3.05) is 0 Å². The summed E-state index contributed by atoms with van der Waals surface area (Å²) in [6.45, 7) is 2.01. The number of hydrogen-bond donors (Lipinski definition) is 1. The van der Waals surface area contributed by atoms with E-state index in [0.717, 1.165) is 11.4 Å². The Balaban J connectivity index is 2.00. The highest BCUT2D eigenvalue weighted by Crippen LogP contribution is 2.02. The lowest BCUT2D eigenvalue weighted by Gasteiger charge is -2.00. The molecule has 0 aliphatic carbocycles. The first kappa shape index (κ1) is 12.1. The zero-order chi connectivity index (χ0) is 13.0. The molecule has 18 heavy (non-hydrogen) atoms. The average Bonchev–Trinajstić information content (AvgIpc) is 2.71. The van der Waals surface area contributed by atoms with E-state index in [1.54, 1.807) is 18.3 Å². The van der Waals surface area contributed by atoms with Crippen molar-refractivity contribution in [3.8, 4) is 0 Å². The van der Waals surface area contributed by atoms with Gasteiger partial charge in [-0.2, -0.15) is 5.10 Å². The molecule has 4 heteroatoms. The molecule has 1 N–H and O–H groups in total. The maximum atomic E-state index is 11.7. The standard InChI is InChI=1S/C14H15N3O/c1-11-8-9-13(17(11)2)10-15-16-14(18)12-6-4-3-5-7-12/h3-10H,1-2H3,(H,16,18)/b15-10+. The summed E-state index contributed by atoms with van der Waals surface area (Å²) >= 11 is 0. The minimum Gasteiger partial charge on any atom is -0.347 e. The summed E-state index contributed by atoms with van der Waals surface area (Å²) in [5.74, 6) is -0.210. The van der Waals surface area contributed by atoms with Crippen LogP contribution in [0.3, 0.4) is 0 Å². The van der Waals surface area contributed by atoms with E-state index in [1.807, 2.05) is 48.9 Å². The first-order chi connectivity index (χ1) is 8.68. The van der Waals surface area contributed by atoms with Gasteiger partial charge in [0.05, 0.1) is 11.9 Å². The predicted molar refractivity (Wildman–Crippen MR) is 71.7 cm³/mol. The fourth-order valence-electron chi connectivity index (χ4n) is 1.57. The number of carbonyl (C=O) groups is 1. The lowest BCUT2D eigenvalue weighted by Crippen LogP contribution is -2.17. The highest BCUT2D eigenvalue weighted by atomic mass is 16.2. The molecule has 1 heterocycles. The quantitative estimate of drug-likeness (QED) is 0.649. The third-order valence-corrected chi connectivity index (χ3v) is 2.81. The van der Waals surface area contributed by atoms with Crippen molar-refractivity contribution in [2.24, 2.45) is 12.1 Å². The summed E-state index contributed by atoms with van der Waals surface area (Å²) in [5, 5.41) is 3.95. The van der Waals surface area contributed by atoms with Crippen molar-refractivity contribution in [1.29, 1.82) is 0 Å². The predicted octanol–water partition coefficient (Wildman–Crippen LogP) is 2.10. The number of nitrogens with one attached hydrogen (secondary N) is 1. The smallest absolute Gasteiger partial charge is 0.271 e. The first-order valence-corrected chi connectivity index (χ1v) is 5.69. The summed E-state index contributed by atoms with van der Waals surface area (Å²) in [7, 11) is 1.95. The van der Waals surface area contributed by atoms with Gasteiger partial charge in [0.1, 0.15) is 0 Å². The molecular weight excluding hydrogens is 226 g/mol. The van der Waals surface area contributed by atoms with Crippen LogP contribution in [-0.4, -0.2) is 16.7 Å². The zero-order valence-electron chi connectivity index (χ0n) is 10.4. The molecule has 0 radical (unpaired) electrons. The molecular formula is C14H15N3O. The average molecular weight is 241 g/mol. The summed E-state index contributed by atoms with van der Waals surface area (Å²) in [4.78, 5) is 11.7. The molecule has 4 nitrogen and oxygen atoms in total. The highest BCUT2D eigenvalue weighted by Gasteiger charge is 2.02.